The van der Waals surface area contributed by atoms with Gasteiger partial charge in [-0.2, -0.15) is 0 Å². The minimum absolute atomic E-state index is 0.0184. The fourth-order valence-electron chi connectivity index (χ4n) is 3.08. The first-order valence-corrected chi connectivity index (χ1v) is 10.1. The van der Waals surface area contributed by atoms with E-state index in [-0.39, 0.29) is 25.3 Å². The second-order valence-corrected chi connectivity index (χ2v) is 8.11. The number of carbonyl (C=O) groups is 3. The number of nitrogens with zero attached hydrogens (tertiary/aromatic N) is 1. The third-order valence-corrected chi connectivity index (χ3v) is 4.56. The molecule has 1 N–H and O–H groups in total. The number of hydrogen-bond donors (Lipinski definition) is 1. The second-order valence-electron chi connectivity index (χ2n) is 8.11. The molecular formula is C24H29NO7. The van der Waals surface area contributed by atoms with Gasteiger partial charge in [0.25, 0.3) is 0 Å². The molecule has 0 aliphatic rings. The number of methoxy groups -OCH3 is 1. The number of aryl methyl sites for hydroxylation is 1. The Morgan fingerprint density at radius 2 is 1.62 bits per heavy atom. The number of rotatable bonds is 7. The second kappa shape index (κ2) is 10.8. The number of carboxylic acids is 1. The lowest BCUT2D eigenvalue weighted by Crippen LogP contribution is -2.42. The molecule has 0 bridgehead atoms. The Balaban J connectivity index is 2.19. The lowest BCUT2D eigenvalue weighted by Gasteiger charge is -2.25. The van der Waals surface area contributed by atoms with Gasteiger partial charge in [-0.05, 0) is 50.5 Å². The summed E-state index contributed by atoms with van der Waals surface area (Å²) in [6, 6.07) is 12.7. The van der Waals surface area contributed by atoms with Crippen LogP contribution in [-0.4, -0.2) is 54.0 Å². The van der Waals surface area contributed by atoms with Crippen LogP contribution in [0, 0.1) is 6.92 Å². The summed E-state index contributed by atoms with van der Waals surface area (Å²) in [5.41, 5.74) is 2.50. The van der Waals surface area contributed by atoms with Crippen LogP contribution in [0.15, 0.2) is 42.5 Å². The molecule has 2 aromatic rings. The topological polar surface area (TPSA) is 102 Å². The number of hydrogen-bond acceptors (Lipinski definition) is 6. The third-order valence-electron chi connectivity index (χ3n) is 4.56. The predicted octanol–water partition coefficient (Wildman–Crippen LogP) is 4.88. The Kier molecular flexibility index (Phi) is 8.37. The SMILES string of the molecule is COC(=O)N(CCOCc1c(C(=O)O)cccc1-c1ccccc1C)C(=O)OC(C)(C)C. The summed E-state index contributed by atoms with van der Waals surface area (Å²) in [5.74, 6) is -1.07. The number of carbonyl (C=O) groups excluding carboxylic acids is 2. The summed E-state index contributed by atoms with van der Waals surface area (Å²) in [4.78, 5) is 36.9. The van der Waals surface area contributed by atoms with Crippen molar-refractivity contribution in [3.8, 4) is 11.1 Å². The number of amides is 2. The summed E-state index contributed by atoms with van der Waals surface area (Å²) in [6.07, 6.45) is -1.71. The molecule has 0 saturated carbocycles. The molecule has 172 valence electrons. The first-order chi connectivity index (χ1) is 15.0. The van der Waals surface area contributed by atoms with Crippen molar-refractivity contribution in [3.05, 3.63) is 59.2 Å². The molecule has 0 aromatic heterocycles. The van der Waals surface area contributed by atoms with Crippen molar-refractivity contribution in [2.24, 2.45) is 0 Å². The Hall–Kier alpha value is -3.39. The number of ether oxygens (including phenoxy) is 3. The highest BCUT2D eigenvalue weighted by Crippen LogP contribution is 2.29. The van der Waals surface area contributed by atoms with Gasteiger partial charge in [0.05, 0.1) is 32.4 Å². The van der Waals surface area contributed by atoms with Crippen molar-refractivity contribution in [2.75, 3.05) is 20.3 Å². The smallest absolute Gasteiger partial charge is 0.419 e. The number of carboxylic acid groups (broad SMARTS) is 1. The minimum atomic E-state index is -1.07. The first-order valence-electron chi connectivity index (χ1n) is 10.1. The van der Waals surface area contributed by atoms with Gasteiger partial charge in [0.1, 0.15) is 5.60 Å². The van der Waals surface area contributed by atoms with E-state index in [2.05, 4.69) is 4.74 Å². The van der Waals surface area contributed by atoms with Crippen LogP contribution in [0.25, 0.3) is 11.1 Å². The monoisotopic (exact) mass is 443 g/mol. The summed E-state index contributed by atoms with van der Waals surface area (Å²) in [6.45, 7) is 6.84. The van der Waals surface area contributed by atoms with Gasteiger partial charge in [-0.1, -0.05) is 36.4 Å². The van der Waals surface area contributed by atoms with Crippen molar-refractivity contribution in [2.45, 2.75) is 39.9 Å². The first kappa shape index (κ1) is 24.9. The maximum absolute atomic E-state index is 12.3. The summed E-state index contributed by atoms with van der Waals surface area (Å²) < 4.78 is 15.6. The van der Waals surface area contributed by atoms with Gasteiger partial charge >= 0.3 is 18.2 Å². The van der Waals surface area contributed by atoms with Gasteiger partial charge < -0.3 is 19.3 Å². The van der Waals surface area contributed by atoms with Gasteiger partial charge in [-0.3, -0.25) is 0 Å². The van der Waals surface area contributed by atoms with E-state index in [0.29, 0.717) is 5.56 Å². The van der Waals surface area contributed by atoms with Crippen LogP contribution in [0.4, 0.5) is 9.59 Å². The molecule has 32 heavy (non-hydrogen) atoms. The van der Waals surface area contributed by atoms with E-state index in [1.54, 1.807) is 26.8 Å². The standard InChI is InChI=1S/C24H29NO7/c1-16-9-6-7-10-17(16)18-11-8-12-19(21(26)27)20(18)15-31-14-13-25(22(28)30-5)23(29)32-24(2,3)4/h6-12H,13-15H2,1-5H3,(H,26,27). The summed E-state index contributed by atoms with van der Waals surface area (Å²) in [5, 5.41) is 9.65. The zero-order chi connectivity index (χ0) is 23.9. The molecule has 0 heterocycles. The van der Waals surface area contributed by atoms with Crippen molar-refractivity contribution in [1.29, 1.82) is 0 Å². The van der Waals surface area contributed by atoms with E-state index >= 15 is 0 Å². The van der Waals surface area contributed by atoms with E-state index < -0.39 is 23.8 Å². The molecule has 2 aromatic carbocycles. The third kappa shape index (κ3) is 6.55. The van der Waals surface area contributed by atoms with Gasteiger partial charge in [0, 0.05) is 5.56 Å². The maximum Gasteiger partial charge on any atom is 0.419 e. The number of aromatic carboxylic acids is 1. The van der Waals surface area contributed by atoms with Gasteiger partial charge in [-0.25, -0.2) is 19.3 Å². The van der Waals surface area contributed by atoms with Crippen molar-refractivity contribution in [1.82, 2.24) is 4.90 Å². The Bertz CT molecular complexity index is 979. The lowest BCUT2D eigenvalue weighted by atomic mass is 9.93. The predicted molar refractivity (Wildman–Crippen MR) is 119 cm³/mol. The van der Waals surface area contributed by atoms with Crippen LogP contribution in [0.1, 0.15) is 42.3 Å². The molecule has 8 heteroatoms. The van der Waals surface area contributed by atoms with Crippen LogP contribution < -0.4 is 0 Å². The molecule has 0 fully saturated rings. The van der Waals surface area contributed by atoms with Crippen molar-refractivity contribution >= 4 is 18.2 Å². The highest BCUT2D eigenvalue weighted by Gasteiger charge is 2.27. The van der Waals surface area contributed by atoms with Crippen LogP contribution in [-0.2, 0) is 20.8 Å². The molecule has 0 atom stereocenters. The molecule has 8 nitrogen and oxygen atoms in total. The zero-order valence-electron chi connectivity index (χ0n) is 19.0. The number of benzene rings is 2. The van der Waals surface area contributed by atoms with Gasteiger partial charge in [0.2, 0.25) is 0 Å². The van der Waals surface area contributed by atoms with E-state index in [1.807, 2.05) is 37.3 Å². The van der Waals surface area contributed by atoms with E-state index in [0.717, 1.165) is 28.7 Å². The van der Waals surface area contributed by atoms with Gasteiger partial charge in [-0.15, -0.1) is 0 Å². The molecule has 2 amide bonds. The average Bonchev–Trinajstić information content (AvgIpc) is 2.72. The van der Waals surface area contributed by atoms with E-state index in [9.17, 15) is 19.5 Å². The van der Waals surface area contributed by atoms with E-state index in [1.165, 1.54) is 6.07 Å². The molecule has 2 rings (SSSR count). The average molecular weight is 443 g/mol. The normalized spacial score (nSPS) is 11.0. The summed E-state index contributed by atoms with van der Waals surface area (Å²) >= 11 is 0. The number of imide groups is 1. The largest absolute Gasteiger partial charge is 0.478 e. The zero-order valence-corrected chi connectivity index (χ0v) is 19.0. The molecule has 0 unspecified atom stereocenters. The summed E-state index contributed by atoms with van der Waals surface area (Å²) in [7, 11) is 1.16. The highest BCUT2D eigenvalue weighted by molar-refractivity contribution is 5.92. The minimum Gasteiger partial charge on any atom is -0.478 e. The Labute approximate surface area is 187 Å². The molecular weight excluding hydrogens is 414 g/mol. The van der Waals surface area contributed by atoms with Crippen molar-refractivity contribution in [3.63, 3.8) is 0 Å². The maximum atomic E-state index is 12.3. The van der Waals surface area contributed by atoms with E-state index in [4.69, 9.17) is 9.47 Å². The quantitative estimate of drug-likeness (QED) is 0.608. The fourth-order valence-corrected chi connectivity index (χ4v) is 3.08. The Morgan fingerprint density at radius 3 is 2.22 bits per heavy atom. The highest BCUT2D eigenvalue weighted by atomic mass is 16.6. The van der Waals surface area contributed by atoms with Crippen molar-refractivity contribution < 1.29 is 33.7 Å². The van der Waals surface area contributed by atoms with Crippen LogP contribution >= 0.6 is 0 Å². The molecule has 0 aliphatic heterocycles. The molecule has 0 radical (unpaired) electrons. The molecule has 0 spiro atoms. The van der Waals surface area contributed by atoms with Crippen LogP contribution in [0.2, 0.25) is 0 Å². The lowest BCUT2D eigenvalue weighted by molar-refractivity contribution is 0.0166. The Morgan fingerprint density at radius 1 is 0.969 bits per heavy atom. The molecule has 0 saturated heterocycles. The molecule has 0 aliphatic carbocycles. The fraction of sp³-hybridized carbons (Fsp3) is 0.375. The van der Waals surface area contributed by atoms with Crippen LogP contribution in [0.5, 0.6) is 0 Å². The van der Waals surface area contributed by atoms with Crippen LogP contribution in [0.3, 0.4) is 0 Å². The van der Waals surface area contributed by atoms with Gasteiger partial charge in [0.15, 0.2) is 0 Å².